The van der Waals surface area contributed by atoms with Crippen molar-refractivity contribution in [3.63, 3.8) is 0 Å². The first kappa shape index (κ1) is 10.8. The number of rotatable bonds is 2. The fourth-order valence-electron chi connectivity index (χ4n) is 1.89. The molecule has 2 heteroatoms. The zero-order valence-electron chi connectivity index (χ0n) is 10.1. The first-order valence-electron chi connectivity index (χ1n) is 5.91. The van der Waals surface area contributed by atoms with Crippen LogP contribution in [0, 0.1) is 6.92 Å². The number of fused-ring (bicyclic) bond motifs is 1. The quantitative estimate of drug-likeness (QED) is 0.659. The van der Waals surface area contributed by atoms with Crippen molar-refractivity contribution in [1.29, 1.82) is 0 Å². The summed E-state index contributed by atoms with van der Waals surface area (Å²) >= 11 is 0. The Balaban J connectivity index is 1.96. The lowest BCUT2D eigenvalue weighted by Gasteiger charge is -2.05. The van der Waals surface area contributed by atoms with Crippen LogP contribution in [0.25, 0.3) is 10.9 Å². The van der Waals surface area contributed by atoms with Gasteiger partial charge < -0.3 is 4.74 Å². The topological polar surface area (TPSA) is 22.1 Å². The number of para-hydroxylation sites is 1. The molecule has 0 radical (unpaired) electrons. The summed E-state index contributed by atoms with van der Waals surface area (Å²) in [5.74, 6) is 1.43. The van der Waals surface area contributed by atoms with Gasteiger partial charge in [-0.1, -0.05) is 29.8 Å². The Morgan fingerprint density at radius 1 is 0.889 bits per heavy atom. The van der Waals surface area contributed by atoms with Gasteiger partial charge in [-0.2, -0.15) is 0 Å². The predicted molar refractivity (Wildman–Crippen MR) is 73.0 cm³/mol. The first-order chi connectivity index (χ1) is 8.81. The van der Waals surface area contributed by atoms with Gasteiger partial charge in [0.15, 0.2) is 0 Å². The van der Waals surface area contributed by atoms with Crippen molar-refractivity contribution < 1.29 is 4.74 Å². The van der Waals surface area contributed by atoms with Gasteiger partial charge in [0.05, 0.1) is 5.52 Å². The van der Waals surface area contributed by atoms with Crippen molar-refractivity contribution in [3.05, 3.63) is 66.2 Å². The second-order valence-corrected chi connectivity index (χ2v) is 4.26. The maximum Gasteiger partial charge on any atom is 0.219 e. The maximum atomic E-state index is 5.71. The van der Waals surface area contributed by atoms with Crippen molar-refractivity contribution in [3.8, 4) is 11.6 Å². The Labute approximate surface area is 106 Å². The zero-order chi connectivity index (χ0) is 12.4. The molecule has 88 valence electrons. The van der Waals surface area contributed by atoms with E-state index in [1.165, 1.54) is 5.56 Å². The SMILES string of the molecule is Cc1ccc2nc(Oc3ccccc3)ccc2c1. The summed E-state index contributed by atoms with van der Waals surface area (Å²) in [6, 6.07) is 19.8. The minimum atomic E-state index is 0.623. The van der Waals surface area contributed by atoms with Gasteiger partial charge in [-0.25, -0.2) is 4.98 Å². The Morgan fingerprint density at radius 3 is 2.56 bits per heavy atom. The summed E-state index contributed by atoms with van der Waals surface area (Å²) in [5, 5.41) is 1.13. The van der Waals surface area contributed by atoms with Crippen LogP contribution in [0.5, 0.6) is 11.6 Å². The standard InChI is InChI=1S/C16H13NO/c1-12-7-9-15-13(11-12)8-10-16(17-15)18-14-5-3-2-4-6-14/h2-11H,1H3. The third-order valence-electron chi connectivity index (χ3n) is 2.78. The van der Waals surface area contributed by atoms with Gasteiger partial charge in [-0.3, -0.25) is 0 Å². The number of hydrogen-bond acceptors (Lipinski definition) is 2. The highest BCUT2D eigenvalue weighted by Crippen LogP contribution is 2.22. The average Bonchev–Trinajstić information content (AvgIpc) is 2.40. The molecule has 0 atom stereocenters. The number of pyridine rings is 1. The van der Waals surface area contributed by atoms with Crippen molar-refractivity contribution >= 4 is 10.9 Å². The van der Waals surface area contributed by atoms with Crippen LogP contribution in [0.15, 0.2) is 60.7 Å². The molecule has 0 aliphatic carbocycles. The number of benzene rings is 2. The predicted octanol–water partition coefficient (Wildman–Crippen LogP) is 4.34. The molecule has 0 unspecified atom stereocenters. The second kappa shape index (κ2) is 4.49. The molecule has 2 nitrogen and oxygen atoms in total. The van der Waals surface area contributed by atoms with Crippen LogP contribution in [0.1, 0.15) is 5.56 Å². The Kier molecular flexibility index (Phi) is 2.69. The van der Waals surface area contributed by atoms with Crippen molar-refractivity contribution in [2.75, 3.05) is 0 Å². The molecule has 1 heterocycles. The molecule has 1 aromatic heterocycles. The van der Waals surface area contributed by atoms with E-state index in [0.717, 1.165) is 16.7 Å². The van der Waals surface area contributed by atoms with Gasteiger partial charge in [0.25, 0.3) is 0 Å². The fraction of sp³-hybridized carbons (Fsp3) is 0.0625. The third kappa shape index (κ3) is 2.18. The largest absolute Gasteiger partial charge is 0.439 e. The molecule has 0 N–H and O–H groups in total. The van der Waals surface area contributed by atoms with E-state index in [4.69, 9.17) is 4.74 Å². The van der Waals surface area contributed by atoms with E-state index in [9.17, 15) is 0 Å². The zero-order valence-corrected chi connectivity index (χ0v) is 10.1. The highest BCUT2D eigenvalue weighted by Gasteiger charge is 2.00. The molecule has 0 bridgehead atoms. The fourth-order valence-corrected chi connectivity index (χ4v) is 1.89. The van der Waals surface area contributed by atoms with Gasteiger partial charge in [0, 0.05) is 11.5 Å². The third-order valence-corrected chi connectivity index (χ3v) is 2.78. The summed E-state index contributed by atoms with van der Waals surface area (Å²) < 4.78 is 5.71. The van der Waals surface area contributed by atoms with Crippen molar-refractivity contribution in [2.45, 2.75) is 6.92 Å². The van der Waals surface area contributed by atoms with E-state index in [-0.39, 0.29) is 0 Å². The van der Waals surface area contributed by atoms with E-state index in [1.54, 1.807) is 0 Å². The lowest BCUT2D eigenvalue weighted by atomic mass is 10.1. The molecule has 0 aliphatic rings. The van der Waals surface area contributed by atoms with E-state index < -0.39 is 0 Å². The first-order valence-corrected chi connectivity index (χ1v) is 5.91. The maximum absolute atomic E-state index is 5.71. The van der Waals surface area contributed by atoms with Gasteiger partial charge in [0.1, 0.15) is 5.75 Å². The van der Waals surface area contributed by atoms with Crippen molar-refractivity contribution in [2.24, 2.45) is 0 Å². The summed E-state index contributed by atoms with van der Waals surface area (Å²) in [6.45, 7) is 2.08. The Morgan fingerprint density at radius 2 is 1.72 bits per heavy atom. The molecule has 3 rings (SSSR count). The Bertz CT molecular complexity index is 677. The van der Waals surface area contributed by atoms with Crippen LogP contribution in [0.2, 0.25) is 0 Å². The highest BCUT2D eigenvalue weighted by atomic mass is 16.5. The molecule has 3 aromatic rings. The van der Waals surface area contributed by atoms with Gasteiger partial charge >= 0.3 is 0 Å². The smallest absolute Gasteiger partial charge is 0.219 e. The molecule has 0 saturated carbocycles. The van der Waals surface area contributed by atoms with E-state index in [2.05, 4.69) is 24.0 Å². The van der Waals surface area contributed by atoms with Gasteiger partial charge in [-0.05, 0) is 37.3 Å². The van der Waals surface area contributed by atoms with Crippen LogP contribution < -0.4 is 4.74 Å². The average molecular weight is 235 g/mol. The molecule has 2 aromatic carbocycles. The lowest BCUT2D eigenvalue weighted by molar-refractivity contribution is 0.465. The minimum absolute atomic E-state index is 0.623. The van der Waals surface area contributed by atoms with E-state index in [1.807, 2.05) is 48.5 Å². The van der Waals surface area contributed by atoms with Crippen LogP contribution in [-0.2, 0) is 0 Å². The summed E-state index contributed by atoms with van der Waals surface area (Å²) in [6.07, 6.45) is 0. The van der Waals surface area contributed by atoms with E-state index in [0.29, 0.717) is 5.88 Å². The van der Waals surface area contributed by atoms with Crippen LogP contribution in [0.4, 0.5) is 0 Å². The number of aromatic nitrogens is 1. The van der Waals surface area contributed by atoms with Gasteiger partial charge in [0.2, 0.25) is 5.88 Å². The normalized spacial score (nSPS) is 10.5. The molecule has 0 saturated heterocycles. The van der Waals surface area contributed by atoms with Gasteiger partial charge in [-0.15, -0.1) is 0 Å². The molecular formula is C16H13NO. The Hall–Kier alpha value is -2.35. The number of hydrogen-bond donors (Lipinski definition) is 0. The molecule has 0 aliphatic heterocycles. The summed E-state index contributed by atoms with van der Waals surface area (Å²) in [4.78, 5) is 4.49. The molecule has 0 fully saturated rings. The molecule has 0 spiro atoms. The van der Waals surface area contributed by atoms with Crippen molar-refractivity contribution in [1.82, 2.24) is 4.98 Å². The van der Waals surface area contributed by atoms with Crippen LogP contribution >= 0.6 is 0 Å². The summed E-state index contributed by atoms with van der Waals surface area (Å²) in [7, 11) is 0. The van der Waals surface area contributed by atoms with Crippen LogP contribution in [0.3, 0.4) is 0 Å². The second-order valence-electron chi connectivity index (χ2n) is 4.26. The highest BCUT2D eigenvalue weighted by molar-refractivity contribution is 5.79. The minimum Gasteiger partial charge on any atom is -0.439 e. The number of ether oxygens (including phenoxy) is 1. The number of aryl methyl sites for hydroxylation is 1. The molecular weight excluding hydrogens is 222 g/mol. The van der Waals surface area contributed by atoms with Crippen LogP contribution in [-0.4, -0.2) is 4.98 Å². The van der Waals surface area contributed by atoms with E-state index >= 15 is 0 Å². The number of nitrogens with zero attached hydrogens (tertiary/aromatic N) is 1. The summed E-state index contributed by atoms with van der Waals surface area (Å²) in [5.41, 5.74) is 2.19. The molecule has 18 heavy (non-hydrogen) atoms. The molecule has 0 amide bonds. The lowest BCUT2D eigenvalue weighted by Crippen LogP contribution is -1.88. The monoisotopic (exact) mass is 235 g/mol.